The van der Waals surface area contributed by atoms with Crippen LogP contribution in [0.4, 0.5) is 0 Å². The Kier molecular flexibility index (Phi) is 9.59. The highest BCUT2D eigenvalue weighted by Gasteiger charge is 2.63. The highest BCUT2D eigenvalue weighted by molar-refractivity contribution is 5.87. The third-order valence-corrected chi connectivity index (χ3v) is 9.79. The lowest BCUT2D eigenvalue weighted by atomic mass is 9.49. The Morgan fingerprint density at radius 3 is 2.11 bits per heavy atom. The molecule has 0 heterocycles. The Bertz CT molecular complexity index is 1370. The van der Waals surface area contributed by atoms with Gasteiger partial charge in [-0.3, -0.25) is 14.4 Å². The number of carbonyl (C=O) groups is 4. The van der Waals surface area contributed by atoms with Crippen LogP contribution in [0.2, 0.25) is 0 Å². The average Bonchev–Trinajstić information content (AvgIpc) is 2.92. The minimum absolute atomic E-state index is 0.318. The molecule has 1 aromatic carbocycles. The largest absolute Gasteiger partial charge is 0.458 e. The number of aliphatic hydroxyl groups excluding tert-OH is 1. The molecule has 0 unspecified atom stereocenters. The summed E-state index contributed by atoms with van der Waals surface area (Å²) in [5.74, 6) is -3.38. The van der Waals surface area contributed by atoms with Crippen molar-refractivity contribution in [2.24, 2.45) is 22.7 Å². The van der Waals surface area contributed by atoms with Crippen LogP contribution in [0.15, 0.2) is 59.7 Å². The molecule has 9 heteroatoms. The molecule has 1 aromatic rings. The van der Waals surface area contributed by atoms with Crippen LogP contribution in [0.5, 0.6) is 0 Å². The monoisotopic (exact) mass is 608 g/mol. The summed E-state index contributed by atoms with van der Waals surface area (Å²) in [5, 5.41) is 12.3. The van der Waals surface area contributed by atoms with Crippen LogP contribution in [0, 0.1) is 22.7 Å². The number of carbonyl (C=O) groups excluding carboxylic acids is 4. The van der Waals surface area contributed by atoms with Gasteiger partial charge in [0.1, 0.15) is 18.3 Å². The number of hydrogen-bond donors (Lipinski definition) is 1. The van der Waals surface area contributed by atoms with Crippen LogP contribution in [0.25, 0.3) is 6.08 Å². The first-order chi connectivity index (χ1) is 20.6. The molecule has 8 atom stereocenters. The van der Waals surface area contributed by atoms with Crippen molar-refractivity contribution in [3.63, 3.8) is 0 Å². The molecule has 0 saturated heterocycles. The number of ether oxygens (including phenoxy) is 4. The summed E-state index contributed by atoms with van der Waals surface area (Å²) in [6.07, 6.45) is -0.427. The van der Waals surface area contributed by atoms with E-state index in [2.05, 4.69) is 6.58 Å². The van der Waals surface area contributed by atoms with Crippen LogP contribution in [0.3, 0.4) is 0 Å². The van der Waals surface area contributed by atoms with Crippen LogP contribution >= 0.6 is 0 Å². The number of fused-ring (bicyclic) bond motifs is 3. The number of rotatable bonds is 6. The molecule has 3 aliphatic rings. The Morgan fingerprint density at radius 2 is 1.52 bits per heavy atom. The van der Waals surface area contributed by atoms with E-state index in [1.54, 1.807) is 6.08 Å². The van der Waals surface area contributed by atoms with Crippen molar-refractivity contribution in [1.82, 2.24) is 0 Å². The quantitative estimate of drug-likeness (QED) is 0.203. The standard InChI is InChI=1S/C35H44O9/c1-19-26(44-28(39)15-14-24-12-10-9-11-13-24)16-17-35(8)29(19)31(40)25-18-27(41-21(3)36)20(2)30(34(25,6)7)32(42-22(4)37)33(35)43-23(5)38/h9-15,25-27,29,31-33,40H,1,16-18H2,2-8H3/b15-14+/t25-,26-,27-,29-,31+,32+,33-,35+/m0/s1. The summed E-state index contributed by atoms with van der Waals surface area (Å²) in [5.41, 5.74) is 0.955. The van der Waals surface area contributed by atoms with Gasteiger partial charge in [-0.1, -0.05) is 57.7 Å². The first-order valence-corrected chi connectivity index (χ1v) is 15.1. The van der Waals surface area contributed by atoms with Crippen LogP contribution in [0.1, 0.15) is 73.3 Å². The molecule has 0 aromatic heterocycles. The first-order valence-electron chi connectivity index (χ1n) is 15.1. The molecular formula is C35H44O9. The maximum atomic E-state index is 12.9. The second kappa shape index (κ2) is 12.7. The van der Waals surface area contributed by atoms with Gasteiger partial charge in [-0.15, -0.1) is 0 Å². The first kappa shape index (κ1) is 33.2. The predicted octanol–water partition coefficient (Wildman–Crippen LogP) is 5.12. The fraction of sp³-hybridized carbons (Fsp3) is 0.543. The summed E-state index contributed by atoms with van der Waals surface area (Å²) in [6.45, 7) is 15.9. The molecule has 2 saturated carbocycles. The second-order valence-electron chi connectivity index (χ2n) is 13.1. The van der Waals surface area contributed by atoms with E-state index in [9.17, 15) is 24.3 Å². The number of benzene rings is 1. The molecule has 0 spiro atoms. The van der Waals surface area contributed by atoms with Crippen molar-refractivity contribution >= 4 is 30.0 Å². The maximum Gasteiger partial charge on any atom is 0.331 e. The van der Waals surface area contributed by atoms with Gasteiger partial charge in [-0.25, -0.2) is 4.79 Å². The second-order valence-corrected chi connectivity index (χ2v) is 13.1. The third kappa shape index (κ3) is 6.39. The average molecular weight is 609 g/mol. The summed E-state index contributed by atoms with van der Waals surface area (Å²) < 4.78 is 23.7. The van der Waals surface area contributed by atoms with E-state index < -0.39 is 77.1 Å². The third-order valence-electron chi connectivity index (χ3n) is 9.79. The van der Waals surface area contributed by atoms with E-state index in [-0.39, 0.29) is 0 Å². The molecular weight excluding hydrogens is 564 g/mol. The topological polar surface area (TPSA) is 125 Å². The smallest absolute Gasteiger partial charge is 0.331 e. The van der Waals surface area contributed by atoms with E-state index in [4.69, 9.17) is 18.9 Å². The van der Waals surface area contributed by atoms with E-state index in [0.29, 0.717) is 36.0 Å². The lowest BCUT2D eigenvalue weighted by molar-refractivity contribution is -0.198. The predicted molar refractivity (Wildman–Crippen MR) is 163 cm³/mol. The van der Waals surface area contributed by atoms with Gasteiger partial charge in [-0.2, -0.15) is 0 Å². The molecule has 4 rings (SSSR count). The van der Waals surface area contributed by atoms with Gasteiger partial charge in [0.05, 0.1) is 6.10 Å². The van der Waals surface area contributed by atoms with Crippen molar-refractivity contribution < 1.29 is 43.2 Å². The molecule has 0 amide bonds. The van der Waals surface area contributed by atoms with Gasteiger partial charge >= 0.3 is 23.9 Å². The van der Waals surface area contributed by atoms with E-state index in [1.165, 1.54) is 26.8 Å². The molecule has 2 bridgehead atoms. The van der Waals surface area contributed by atoms with Gasteiger partial charge in [0.2, 0.25) is 0 Å². The number of esters is 4. The Hall–Kier alpha value is -3.72. The molecule has 1 N–H and O–H groups in total. The van der Waals surface area contributed by atoms with Gasteiger partial charge < -0.3 is 24.1 Å². The highest BCUT2D eigenvalue weighted by Crippen LogP contribution is 2.60. The van der Waals surface area contributed by atoms with Crippen LogP contribution in [-0.2, 0) is 38.1 Å². The summed E-state index contributed by atoms with van der Waals surface area (Å²) in [7, 11) is 0. The molecule has 3 aliphatic carbocycles. The van der Waals surface area contributed by atoms with Crippen molar-refractivity contribution in [2.45, 2.75) is 98.2 Å². The fourth-order valence-corrected chi connectivity index (χ4v) is 7.86. The van der Waals surface area contributed by atoms with Gasteiger partial charge in [0, 0.05) is 38.2 Å². The SMILES string of the molecule is C=C1[C@@H](OC(=O)/C=C/c2ccccc2)CC[C@@]2(C)[C@@H](OC(C)=O)[C@H](OC(C)=O)C3=C(C)[C@@H](OC(C)=O)C[C@@H]([C@@H](O)[C@H]12)C3(C)C. The van der Waals surface area contributed by atoms with Gasteiger partial charge in [-0.05, 0) is 65.9 Å². The highest BCUT2D eigenvalue weighted by atomic mass is 16.6. The van der Waals surface area contributed by atoms with E-state index in [0.717, 1.165) is 5.56 Å². The van der Waals surface area contributed by atoms with Crippen LogP contribution in [-0.4, -0.2) is 59.5 Å². The molecule has 2 fully saturated rings. The normalized spacial score (nSPS) is 33.0. The summed E-state index contributed by atoms with van der Waals surface area (Å²) in [4.78, 5) is 50.3. The zero-order valence-corrected chi connectivity index (χ0v) is 26.6. The summed E-state index contributed by atoms with van der Waals surface area (Å²) >= 11 is 0. The van der Waals surface area contributed by atoms with Crippen molar-refractivity contribution in [3.8, 4) is 0 Å². The molecule has 9 nitrogen and oxygen atoms in total. The lowest BCUT2D eigenvalue weighted by Gasteiger charge is -2.59. The van der Waals surface area contributed by atoms with Crippen molar-refractivity contribution in [1.29, 1.82) is 0 Å². The molecule has 238 valence electrons. The molecule has 44 heavy (non-hydrogen) atoms. The Morgan fingerprint density at radius 1 is 0.909 bits per heavy atom. The summed E-state index contributed by atoms with van der Waals surface area (Å²) in [6, 6.07) is 9.36. The number of hydrogen-bond acceptors (Lipinski definition) is 9. The van der Waals surface area contributed by atoms with E-state index in [1.807, 2.05) is 58.0 Å². The van der Waals surface area contributed by atoms with E-state index >= 15 is 0 Å². The minimum Gasteiger partial charge on any atom is -0.458 e. The van der Waals surface area contributed by atoms with Gasteiger partial charge in [0.25, 0.3) is 0 Å². The van der Waals surface area contributed by atoms with Crippen LogP contribution < -0.4 is 0 Å². The molecule has 0 aliphatic heterocycles. The Labute approximate surface area is 259 Å². The Balaban J connectivity index is 1.81. The number of aliphatic hydroxyl groups is 1. The lowest BCUT2D eigenvalue weighted by Crippen LogP contribution is -2.63. The maximum absolute atomic E-state index is 12.9. The zero-order valence-electron chi connectivity index (χ0n) is 26.6. The van der Waals surface area contributed by atoms with Crippen molar-refractivity contribution in [2.75, 3.05) is 0 Å². The zero-order chi connectivity index (χ0) is 32.6. The molecule has 0 radical (unpaired) electrons. The van der Waals surface area contributed by atoms with Gasteiger partial charge in [0.15, 0.2) is 6.10 Å². The van der Waals surface area contributed by atoms with Crippen molar-refractivity contribution in [3.05, 3.63) is 65.3 Å². The minimum atomic E-state index is -1.05. The fourth-order valence-electron chi connectivity index (χ4n) is 7.86.